The predicted molar refractivity (Wildman–Crippen MR) is 124 cm³/mol. The Bertz CT molecular complexity index is 1450. The number of benzene rings is 1. The van der Waals surface area contributed by atoms with E-state index in [0.717, 1.165) is 30.4 Å². The number of pyridine rings is 1. The molecule has 1 aromatic carbocycles. The number of nitrogen functional groups attached to an aromatic ring is 1. The summed E-state index contributed by atoms with van der Waals surface area (Å²) < 4.78 is 15.8. The lowest BCUT2D eigenvalue weighted by atomic mass is 10.1. The number of halogens is 1. The largest absolute Gasteiger partial charge is 0.382 e. The number of anilines is 1. The van der Waals surface area contributed by atoms with Crippen LogP contribution in [0.2, 0.25) is 0 Å². The number of fused-ring (bicyclic) bond motifs is 2. The number of imidazole rings is 1. The second-order valence-electron chi connectivity index (χ2n) is 8.26. The van der Waals surface area contributed by atoms with Crippen molar-refractivity contribution in [3.05, 3.63) is 65.6 Å². The van der Waals surface area contributed by atoms with Crippen molar-refractivity contribution in [2.24, 2.45) is 0 Å². The van der Waals surface area contributed by atoms with Gasteiger partial charge in [-0.1, -0.05) is 18.2 Å². The first kappa shape index (κ1) is 20.1. The van der Waals surface area contributed by atoms with Gasteiger partial charge in [0.05, 0.1) is 6.20 Å². The van der Waals surface area contributed by atoms with Crippen LogP contribution in [0.4, 0.5) is 10.2 Å². The Kier molecular flexibility index (Phi) is 4.84. The van der Waals surface area contributed by atoms with E-state index >= 15 is 0 Å². The molecule has 0 saturated carbocycles. The van der Waals surface area contributed by atoms with Gasteiger partial charge >= 0.3 is 0 Å². The average Bonchev–Trinajstić information content (AvgIpc) is 3.29. The minimum Gasteiger partial charge on any atom is -0.382 e. The van der Waals surface area contributed by atoms with E-state index in [1.54, 1.807) is 0 Å². The van der Waals surface area contributed by atoms with Gasteiger partial charge in [0, 0.05) is 40.8 Å². The molecule has 32 heavy (non-hydrogen) atoms. The molecular formula is C24H24FN7. The van der Waals surface area contributed by atoms with Crippen LogP contribution in [0.5, 0.6) is 0 Å². The normalized spacial score (nSPS) is 11.8. The van der Waals surface area contributed by atoms with E-state index in [1.807, 2.05) is 6.07 Å². The van der Waals surface area contributed by atoms with Crippen molar-refractivity contribution in [3.8, 4) is 11.4 Å². The molecule has 8 heteroatoms. The predicted octanol–water partition coefficient (Wildman–Crippen LogP) is 4.77. The van der Waals surface area contributed by atoms with E-state index < -0.39 is 5.82 Å². The van der Waals surface area contributed by atoms with Gasteiger partial charge < -0.3 is 15.3 Å². The highest BCUT2D eigenvalue weighted by Gasteiger charge is 2.20. The Morgan fingerprint density at radius 1 is 1.09 bits per heavy atom. The van der Waals surface area contributed by atoms with Crippen LogP contribution >= 0.6 is 0 Å². The fourth-order valence-corrected chi connectivity index (χ4v) is 4.32. The third-order valence-corrected chi connectivity index (χ3v) is 5.74. The summed E-state index contributed by atoms with van der Waals surface area (Å²) in [4.78, 5) is 21.2. The zero-order chi connectivity index (χ0) is 22.4. The summed E-state index contributed by atoms with van der Waals surface area (Å²) in [6.07, 6.45) is 4.24. The van der Waals surface area contributed by atoms with Crippen LogP contribution in [0.3, 0.4) is 0 Å². The molecule has 0 aliphatic rings. The van der Waals surface area contributed by atoms with Gasteiger partial charge in [-0.2, -0.15) is 0 Å². The molecule has 7 nitrogen and oxygen atoms in total. The Hall–Kier alpha value is -3.81. The first-order valence-corrected chi connectivity index (χ1v) is 10.6. The summed E-state index contributed by atoms with van der Waals surface area (Å²) >= 11 is 0. The molecule has 0 spiro atoms. The van der Waals surface area contributed by atoms with Crippen LogP contribution in [0.25, 0.3) is 33.5 Å². The molecule has 162 valence electrons. The summed E-state index contributed by atoms with van der Waals surface area (Å²) in [6.45, 7) is 6.27. The van der Waals surface area contributed by atoms with Gasteiger partial charge in [-0.15, -0.1) is 0 Å². The number of para-hydroxylation sites is 1. The number of aromatic nitrogens is 6. The monoisotopic (exact) mass is 429 g/mol. The second-order valence-corrected chi connectivity index (χ2v) is 8.26. The van der Waals surface area contributed by atoms with Crippen molar-refractivity contribution in [3.63, 3.8) is 0 Å². The van der Waals surface area contributed by atoms with Gasteiger partial charge in [0.2, 0.25) is 0 Å². The average molecular weight is 430 g/mol. The highest BCUT2D eigenvalue weighted by molar-refractivity contribution is 5.85. The van der Waals surface area contributed by atoms with E-state index in [0.29, 0.717) is 22.6 Å². The van der Waals surface area contributed by atoms with E-state index in [-0.39, 0.29) is 11.9 Å². The number of nitrogens with zero attached hydrogens (tertiary/aromatic N) is 5. The number of nitrogens with one attached hydrogen (secondary N) is 1. The van der Waals surface area contributed by atoms with E-state index in [1.165, 1.54) is 28.9 Å². The van der Waals surface area contributed by atoms with Crippen molar-refractivity contribution < 1.29 is 4.39 Å². The lowest BCUT2D eigenvalue weighted by molar-refractivity contribution is 0.578. The van der Waals surface area contributed by atoms with Crippen LogP contribution in [0.1, 0.15) is 37.0 Å². The SMILES string of the molecule is Cc1[nH]c2ccccc2c1CCc1nc2c(N)nc(-c3cncc(F)c3)nc2n1C(C)C. The number of nitrogens with two attached hydrogens (primary N) is 1. The molecule has 0 saturated heterocycles. The van der Waals surface area contributed by atoms with Crippen molar-refractivity contribution in [1.29, 1.82) is 0 Å². The molecule has 0 aliphatic heterocycles. The Balaban J connectivity index is 1.58. The second kappa shape index (κ2) is 7.71. The summed E-state index contributed by atoms with van der Waals surface area (Å²) in [7, 11) is 0. The number of hydrogen-bond acceptors (Lipinski definition) is 5. The molecule has 0 bridgehead atoms. The van der Waals surface area contributed by atoms with Crippen LogP contribution in [0.15, 0.2) is 42.7 Å². The molecule has 4 aromatic heterocycles. The topological polar surface area (TPSA) is 98.3 Å². The van der Waals surface area contributed by atoms with Gasteiger partial charge in [-0.25, -0.2) is 19.3 Å². The molecule has 4 heterocycles. The first-order valence-electron chi connectivity index (χ1n) is 10.6. The smallest absolute Gasteiger partial charge is 0.166 e. The Morgan fingerprint density at radius 2 is 1.91 bits per heavy atom. The van der Waals surface area contributed by atoms with Gasteiger partial charge in [0.15, 0.2) is 22.8 Å². The number of hydrogen-bond donors (Lipinski definition) is 2. The summed E-state index contributed by atoms with van der Waals surface area (Å²) in [6, 6.07) is 9.79. The molecule has 5 rings (SSSR count). The van der Waals surface area contributed by atoms with Crippen molar-refractivity contribution in [1.82, 2.24) is 29.5 Å². The van der Waals surface area contributed by atoms with Gasteiger partial charge in [-0.3, -0.25) is 4.98 Å². The number of rotatable bonds is 5. The minimum absolute atomic E-state index is 0.117. The van der Waals surface area contributed by atoms with Gasteiger partial charge in [0.25, 0.3) is 0 Å². The molecule has 0 unspecified atom stereocenters. The zero-order valence-electron chi connectivity index (χ0n) is 18.2. The maximum absolute atomic E-state index is 13.7. The third kappa shape index (κ3) is 3.37. The number of H-pyrrole nitrogens is 1. The summed E-state index contributed by atoms with van der Waals surface area (Å²) in [5.74, 6) is 1.06. The standard InChI is InChI=1S/C24H24FN7/c1-13(2)32-20(9-8-17-14(3)28-19-7-5-4-6-18(17)19)29-21-22(26)30-23(31-24(21)32)15-10-16(25)12-27-11-15/h4-7,10-13,28H,8-9H2,1-3H3,(H2,26,30,31). The Labute approximate surface area is 184 Å². The van der Waals surface area contributed by atoms with Crippen LogP contribution in [0, 0.1) is 12.7 Å². The maximum Gasteiger partial charge on any atom is 0.166 e. The summed E-state index contributed by atoms with van der Waals surface area (Å²) in [5, 5.41) is 1.23. The van der Waals surface area contributed by atoms with E-state index in [2.05, 4.69) is 58.5 Å². The van der Waals surface area contributed by atoms with Crippen molar-refractivity contribution >= 4 is 27.9 Å². The molecular weight excluding hydrogens is 405 g/mol. The third-order valence-electron chi connectivity index (χ3n) is 5.74. The molecule has 0 atom stereocenters. The lowest BCUT2D eigenvalue weighted by Crippen LogP contribution is -2.09. The van der Waals surface area contributed by atoms with Gasteiger partial charge in [0.1, 0.15) is 11.6 Å². The van der Waals surface area contributed by atoms with E-state index in [9.17, 15) is 4.39 Å². The van der Waals surface area contributed by atoms with Gasteiger partial charge in [-0.05, 0) is 44.9 Å². The molecule has 0 aliphatic carbocycles. The summed E-state index contributed by atoms with van der Waals surface area (Å²) in [5.41, 5.74) is 11.5. The fraction of sp³-hybridized carbons (Fsp3) is 0.250. The van der Waals surface area contributed by atoms with Crippen molar-refractivity contribution in [2.75, 3.05) is 5.73 Å². The van der Waals surface area contributed by atoms with Crippen LogP contribution in [-0.4, -0.2) is 29.5 Å². The quantitative estimate of drug-likeness (QED) is 0.419. The number of aromatic amines is 1. The van der Waals surface area contributed by atoms with Crippen LogP contribution < -0.4 is 5.73 Å². The lowest BCUT2D eigenvalue weighted by Gasteiger charge is -2.13. The maximum atomic E-state index is 13.7. The zero-order valence-corrected chi connectivity index (χ0v) is 18.2. The Morgan fingerprint density at radius 3 is 2.69 bits per heavy atom. The van der Waals surface area contributed by atoms with E-state index in [4.69, 9.17) is 15.7 Å². The number of aryl methyl sites for hydroxylation is 3. The van der Waals surface area contributed by atoms with Crippen LogP contribution in [-0.2, 0) is 12.8 Å². The molecule has 5 aromatic rings. The highest BCUT2D eigenvalue weighted by atomic mass is 19.1. The fourth-order valence-electron chi connectivity index (χ4n) is 4.32. The molecule has 0 fully saturated rings. The minimum atomic E-state index is -0.447. The molecule has 0 radical (unpaired) electrons. The molecule has 3 N–H and O–H groups in total. The molecule has 0 amide bonds. The highest BCUT2D eigenvalue weighted by Crippen LogP contribution is 2.28. The first-order chi connectivity index (χ1) is 15.4. The van der Waals surface area contributed by atoms with Crippen molar-refractivity contribution in [2.45, 2.75) is 39.7 Å².